The van der Waals surface area contributed by atoms with Crippen molar-refractivity contribution in [1.82, 2.24) is 19.5 Å². The molecular formula is C27H50N5O8PSSi2. The van der Waals surface area contributed by atoms with Crippen LogP contribution in [-0.2, 0) is 39.2 Å². The van der Waals surface area contributed by atoms with Crippen LogP contribution in [0.15, 0.2) is 11.1 Å². The Morgan fingerprint density at radius 2 is 1.77 bits per heavy atom. The highest BCUT2D eigenvalue weighted by Gasteiger charge is 2.45. The molecule has 2 aliphatic rings. The van der Waals surface area contributed by atoms with Gasteiger partial charge in [0, 0.05) is 13.0 Å². The topological polar surface area (TPSA) is 165 Å². The van der Waals surface area contributed by atoms with Crippen molar-refractivity contribution >= 4 is 52.3 Å². The summed E-state index contributed by atoms with van der Waals surface area (Å²) in [5, 5.41) is 0.0231. The van der Waals surface area contributed by atoms with Gasteiger partial charge in [-0.05, 0) is 54.5 Å². The number of aromatic nitrogens is 4. The largest absolute Gasteiger partial charge is 0.414 e. The number of nitrogens with two attached hydrogens (primary N) is 1. The molecule has 0 amide bonds. The van der Waals surface area contributed by atoms with Crippen LogP contribution >= 0.6 is 6.72 Å². The highest BCUT2D eigenvalue weighted by Crippen LogP contribution is 2.50. The zero-order chi connectivity index (χ0) is 32.9. The van der Waals surface area contributed by atoms with Gasteiger partial charge in [-0.2, -0.15) is 4.98 Å². The SMILES string of the molecule is CC(C)(C)[Si](C)(C)OCC1OC(n2cnc3c(=O)[nH]c(N)nc32)CC1OP(O)(=S)OCC1OCCC1O[Si](C)(C)C(C)(C)C. The number of rotatable bonds is 11. The lowest BCUT2D eigenvalue weighted by molar-refractivity contribution is -0.0406. The summed E-state index contributed by atoms with van der Waals surface area (Å²) >= 11 is 5.50. The lowest BCUT2D eigenvalue weighted by Crippen LogP contribution is -2.46. The third-order valence-electron chi connectivity index (χ3n) is 9.43. The minimum absolute atomic E-state index is 0.0243. The fourth-order valence-electron chi connectivity index (χ4n) is 4.64. The van der Waals surface area contributed by atoms with Crippen molar-refractivity contribution in [2.45, 2.75) is 121 Å². The molecule has 4 rings (SSSR count). The molecule has 6 unspecified atom stereocenters. The van der Waals surface area contributed by atoms with E-state index in [1.807, 2.05) is 0 Å². The van der Waals surface area contributed by atoms with Gasteiger partial charge in [-0.3, -0.25) is 14.3 Å². The zero-order valence-corrected chi connectivity index (χ0v) is 31.3. The molecule has 0 aromatic carbocycles. The molecule has 2 saturated heterocycles. The molecule has 2 aliphatic heterocycles. The monoisotopic (exact) mass is 691 g/mol. The fraction of sp³-hybridized carbons (Fsp3) is 0.815. The molecule has 0 radical (unpaired) electrons. The lowest BCUT2D eigenvalue weighted by atomic mass is 10.2. The second-order valence-electron chi connectivity index (χ2n) is 14.7. The molecule has 4 N–H and O–H groups in total. The van der Waals surface area contributed by atoms with Gasteiger partial charge in [0.2, 0.25) is 5.95 Å². The van der Waals surface area contributed by atoms with Gasteiger partial charge in [-0.1, -0.05) is 41.5 Å². The maximum atomic E-state index is 12.4. The van der Waals surface area contributed by atoms with Gasteiger partial charge < -0.3 is 38.0 Å². The molecule has 2 aromatic heterocycles. The number of nitrogens with one attached hydrogen (secondary N) is 1. The van der Waals surface area contributed by atoms with E-state index in [9.17, 15) is 9.69 Å². The van der Waals surface area contributed by atoms with Gasteiger partial charge >= 0.3 is 6.72 Å². The first-order valence-electron chi connectivity index (χ1n) is 15.1. The first-order chi connectivity index (χ1) is 20.1. The zero-order valence-electron chi connectivity index (χ0n) is 27.6. The number of nitrogen functional groups attached to an aromatic ring is 1. The molecule has 0 aliphatic carbocycles. The summed E-state index contributed by atoms with van der Waals surface area (Å²) in [6.45, 7) is 18.9. The van der Waals surface area contributed by atoms with E-state index in [0.29, 0.717) is 6.61 Å². The molecule has 0 bridgehead atoms. The van der Waals surface area contributed by atoms with Crippen LogP contribution in [-0.4, -0.2) is 85.3 Å². The number of anilines is 1. The number of ether oxygens (including phenoxy) is 2. The van der Waals surface area contributed by atoms with Crippen LogP contribution in [0.3, 0.4) is 0 Å². The maximum Gasteiger partial charge on any atom is 0.324 e. The highest BCUT2D eigenvalue weighted by molar-refractivity contribution is 8.07. The van der Waals surface area contributed by atoms with Crippen LogP contribution in [0.5, 0.6) is 0 Å². The highest BCUT2D eigenvalue weighted by atomic mass is 32.5. The van der Waals surface area contributed by atoms with Crippen molar-refractivity contribution in [3.8, 4) is 0 Å². The van der Waals surface area contributed by atoms with E-state index in [1.54, 1.807) is 4.57 Å². The Balaban J connectivity index is 1.49. The van der Waals surface area contributed by atoms with E-state index >= 15 is 0 Å². The molecule has 250 valence electrons. The minimum atomic E-state index is -3.74. The van der Waals surface area contributed by atoms with Crippen LogP contribution in [0.25, 0.3) is 11.2 Å². The quantitative estimate of drug-likeness (QED) is 0.218. The molecule has 4 heterocycles. The molecule has 17 heteroatoms. The predicted octanol–water partition coefficient (Wildman–Crippen LogP) is 4.81. The summed E-state index contributed by atoms with van der Waals surface area (Å²) < 4.78 is 39.1. The number of hydrogen-bond acceptors (Lipinski definition) is 11. The van der Waals surface area contributed by atoms with Gasteiger partial charge in [0.25, 0.3) is 5.56 Å². The Labute approximate surface area is 267 Å². The number of nitrogens with zero attached hydrogens (tertiary/aromatic N) is 3. The van der Waals surface area contributed by atoms with Crippen molar-refractivity contribution < 1.29 is 32.3 Å². The van der Waals surface area contributed by atoms with Crippen molar-refractivity contribution in [2.75, 3.05) is 25.6 Å². The minimum Gasteiger partial charge on any atom is -0.414 e. The van der Waals surface area contributed by atoms with Crippen LogP contribution in [0.2, 0.25) is 36.3 Å². The van der Waals surface area contributed by atoms with Crippen molar-refractivity contribution in [1.29, 1.82) is 0 Å². The van der Waals surface area contributed by atoms with E-state index in [-0.39, 0.29) is 59.0 Å². The molecule has 13 nitrogen and oxygen atoms in total. The maximum absolute atomic E-state index is 12.4. The van der Waals surface area contributed by atoms with E-state index in [0.717, 1.165) is 6.42 Å². The molecule has 0 spiro atoms. The second-order valence-corrected chi connectivity index (χ2v) is 27.1. The smallest absolute Gasteiger partial charge is 0.324 e. The van der Waals surface area contributed by atoms with Crippen molar-refractivity contribution in [3.05, 3.63) is 16.7 Å². The van der Waals surface area contributed by atoms with Gasteiger partial charge in [-0.25, -0.2) is 4.98 Å². The summed E-state index contributed by atoms with van der Waals surface area (Å²) in [6, 6.07) is 0. The van der Waals surface area contributed by atoms with Crippen molar-refractivity contribution in [3.63, 3.8) is 0 Å². The van der Waals surface area contributed by atoms with E-state index in [1.165, 1.54) is 6.33 Å². The first kappa shape index (κ1) is 35.8. The van der Waals surface area contributed by atoms with Gasteiger partial charge in [0.1, 0.15) is 18.4 Å². The van der Waals surface area contributed by atoms with Crippen LogP contribution < -0.4 is 11.3 Å². The van der Waals surface area contributed by atoms with E-state index in [4.69, 9.17) is 44.9 Å². The fourth-order valence-corrected chi connectivity index (χ4v) is 8.50. The molecular weight excluding hydrogens is 642 g/mol. The average Bonchev–Trinajstić information content (AvgIpc) is 3.58. The average molecular weight is 692 g/mol. The molecule has 0 saturated carbocycles. The molecule has 2 aromatic rings. The van der Waals surface area contributed by atoms with Crippen LogP contribution in [0.1, 0.15) is 60.6 Å². The standard InChI is InChI=1S/C27H50N5O8PSSi2/c1-26(2,3)43(7,8)37-15-20-18(13-21(38-20)32-16-29-22-23(32)30-25(28)31-24(22)33)39-41(34,42)36-14-19-17(11-12-35-19)40-44(9,10)27(4,5)6/h16-21H,11-15H2,1-10H3,(H,34,42)(H3,28,30,31,33). The summed E-state index contributed by atoms with van der Waals surface area (Å²) in [6.07, 6.45) is 0.139. The third-order valence-corrected chi connectivity index (χ3v) is 20.0. The Bertz CT molecular complexity index is 1430. The number of fused-ring (bicyclic) bond motifs is 1. The number of imidazole rings is 1. The van der Waals surface area contributed by atoms with Crippen LogP contribution in [0, 0.1) is 0 Å². The Morgan fingerprint density at radius 3 is 2.41 bits per heavy atom. The Hall–Kier alpha value is -1.05. The molecule has 44 heavy (non-hydrogen) atoms. The summed E-state index contributed by atoms with van der Waals surface area (Å²) in [4.78, 5) is 34.5. The Kier molecular flexibility index (Phi) is 10.5. The van der Waals surface area contributed by atoms with Gasteiger partial charge in [0.15, 0.2) is 27.8 Å². The van der Waals surface area contributed by atoms with Crippen LogP contribution in [0.4, 0.5) is 5.95 Å². The Morgan fingerprint density at radius 1 is 1.11 bits per heavy atom. The molecule has 2 fully saturated rings. The summed E-state index contributed by atoms with van der Waals surface area (Å²) in [7, 11) is -4.19. The number of aromatic amines is 1. The van der Waals surface area contributed by atoms with Crippen molar-refractivity contribution in [2.24, 2.45) is 0 Å². The normalized spacial score (nSPS) is 26.8. The summed E-state index contributed by atoms with van der Waals surface area (Å²) in [5.41, 5.74) is 5.79. The number of hydrogen-bond donors (Lipinski definition) is 3. The second kappa shape index (κ2) is 12.9. The number of H-pyrrole nitrogens is 1. The lowest BCUT2D eigenvalue weighted by Gasteiger charge is -2.39. The van der Waals surface area contributed by atoms with E-state index < -0.39 is 47.3 Å². The molecule has 6 atom stereocenters. The predicted molar refractivity (Wildman–Crippen MR) is 178 cm³/mol. The first-order valence-corrected chi connectivity index (χ1v) is 23.5. The van der Waals surface area contributed by atoms with Gasteiger partial charge in [-0.15, -0.1) is 0 Å². The van der Waals surface area contributed by atoms with E-state index in [2.05, 4.69) is 82.7 Å². The third kappa shape index (κ3) is 8.08. The summed E-state index contributed by atoms with van der Waals surface area (Å²) in [5.74, 6) is -0.0305. The van der Waals surface area contributed by atoms with Gasteiger partial charge in [0.05, 0.1) is 31.7 Å².